The Balaban J connectivity index is 1.83. The standard InChI is InChI=1S/C24H16N2O7S/c27-22-17-6-2-1-5-16(17)21(26-25-14-9-11-15(12-10-14)34(31,32)33)13-20(22)23(28)18-7-3-4-8-19(18)24(29)30/h1-13,27H,(H,29,30)(H,31,32,33). The molecule has 0 fully saturated rings. The smallest absolute Gasteiger partial charge is 0.336 e. The van der Waals surface area contributed by atoms with Crippen molar-refractivity contribution < 1.29 is 32.8 Å². The van der Waals surface area contributed by atoms with Crippen LogP contribution in [0.15, 0.2) is 94.0 Å². The van der Waals surface area contributed by atoms with Crippen LogP contribution in [-0.4, -0.2) is 34.9 Å². The van der Waals surface area contributed by atoms with Gasteiger partial charge in [0.15, 0.2) is 5.78 Å². The maximum Gasteiger partial charge on any atom is 0.336 e. The van der Waals surface area contributed by atoms with Crippen LogP contribution in [0.1, 0.15) is 26.3 Å². The van der Waals surface area contributed by atoms with Crippen LogP contribution in [0.2, 0.25) is 0 Å². The van der Waals surface area contributed by atoms with Crippen molar-refractivity contribution in [2.24, 2.45) is 10.2 Å². The topological polar surface area (TPSA) is 154 Å². The molecule has 0 saturated carbocycles. The molecular weight excluding hydrogens is 460 g/mol. The number of phenols is 1. The Hall–Kier alpha value is -4.41. The van der Waals surface area contributed by atoms with Crippen molar-refractivity contribution in [1.82, 2.24) is 0 Å². The molecule has 0 unspecified atom stereocenters. The highest BCUT2D eigenvalue weighted by Crippen LogP contribution is 2.38. The quantitative estimate of drug-likeness (QED) is 0.198. The molecule has 0 aliphatic carbocycles. The van der Waals surface area contributed by atoms with E-state index in [1.54, 1.807) is 24.3 Å². The maximum atomic E-state index is 13.2. The van der Waals surface area contributed by atoms with E-state index < -0.39 is 21.9 Å². The van der Waals surface area contributed by atoms with Crippen LogP contribution >= 0.6 is 0 Å². The summed E-state index contributed by atoms with van der Waals surface area (Å²) >= 11 is 0. The second-order valence-corrected chi connectivity index (χ2v) is 8.61. The minimum Gasteiger partial charge on any atom is -0.507 e. The Morgan fingerprint density at radius 3 is 1.94 bits per heavy atom. The molecule has 34 heavy (non-hydrogen) atoms. The summed E-state index contributed by atoms with van der Waals surface area (Å²) in [6.07, 6.45) is 0. The molecule has 0 aliphatic heterocycles. The van der Waals surface area contributed by atoms with Crippen LogP contribution in [-0.2, 0) is 10.1 Å². The van der Waals surface area contributed by atoms with E-state index >= 15 is 0 Å². The SMILES string of the molecule is O=C(O)c1ccccc1C(=O)c1cc(N=Nc2ccc(S(=O)(=O)O)cc2)c2ccccc2c1O. The number of carbonyl (C=O) groups is 2. The number of carboxylic acids is 1. The second-order valence-electron chi connectivity index (χ2n) is 7.19. The number of nitrogens with zero attached hydrogens (tertiary/aromatic N) is 2. The number of azo groups is 1. The van der Waals surface area contributed by atoms with Crippen LogP contribution in [0.4, 0.5) is 11.4 Å². The zero-order chi connectivity index (χ0) is 24.5. The van der Waals surface area contributed by atoms with Gasteiger partial charge in [-0.25, -0.2) is 4.79 Å². The van der Waals surface area contributed by atoms with E-state index in [-0.39, 0.29) is 38.7 Å². The molecule has 0 aromatic heterocycles. The van der Waals surface area contributed by atoms with Gasteiger partial charge in [0.2, 0.25) is 0 Å². The van der Waals surface area contributed by atoms with Gasteiger partial charge in [-0.05, 0) is 36.4 Å². The third-order valence-corrected chi connectivity index (χ3v) is 5.92. The number of hydrogen-bond donors (Lipinski definition) is 3. The van der Waals surface area contributed by atoms with Crippen molar-refractivity contribution in [2.45, 2.75) is 4.90 Å². The number of fused-ring (bicyclic) bond motifs is 1. The molecule has 170 valence electrons. The van der Waals surface area contributed by atoms with Crippen LogP contribution < -0.4 is 0 Å². The van der Waals surface area contributed by atoms with E-state index in [9.17, 15) is 28.2 Å². The second kappa shape index (κ2) is 8.85. The van der Waals surface area contributed by atoms with Gasteiger partial charge in [-0.3, -0.25) is 9.35 Å². The molecular formula is C24H16N2O7S. The largest absolute Gasteiger partial charge is 0.507 e. The van der Waals surface area contributed by atoms with Gasteiger partial charge < -0.3 is 10.2 Å². The molecule has 0 bridgehead atoms. The number of ketones is 1. The van der Waals surface area contributed by atoms with Crippen LogP contribution in [0.25, 0.3) is 10.8 Å². The molecule has 0 spiro atoms. The molecule has 3 N–H and O–H groups in total. The molecule has 4 aromatic carbocycles. The van der Waals surface area contributed by atoms with Crippen molar-refractivity contribution in [1.29, 1.82) is 0 Å². The molecule has 0 atom stereocenters. The van der Waals surface area contributed by atoms with Gasteiger partial charge in [-0.1, -0.05) is 42.5 Å². The first-order chi connectivity index (χ1) is 16.2. The molecule has 9 nitrogen and oxygen atoms in total. The Morgan fingerprint density at radius 1 is 0.735 bits per heavy atom. The van der Waals surface area contributed by atoms with Gasteiger partial charge in [-0.15, -0.1) is 5.11 Å². The Labute approximate surface area is 193 Å². The number of hydrogen-bond acceptors (Lipinski definition) is 7. The average molecular weight is 476 g/mol. The summed E-state index contributed by atoms with van der Waals surface area (Å²) in [6, 6.07) is 18.6. The highest BCUT2D eigenvalue weighted by molar-refractivity contribution is 7.85. The minimum atomic E-state index is -4.35. The highest BCUT2D eigenvalue weighted by atomic mass is 32.2. The lowest BCUT2D eigenvalue weighted by Crippen LogP contribution is -2.09. The van der Waals surface area contributed by atoms with Crippen molar-refractivity contribution in [3.05, 3.63) is 95.6 Å². The van der Waals surface area contributed by atoms with E-state index in [4.69, 9.17) is 4.55 Å². The monoisotopic (exact) mass is 476 g/mol. The van der Waals surface area contributed by atoms with Gasteiger partial charge >= 0.3 is 5.97 Å². The summed E-state index contributed by atoms with van der Waals surface area (Å²) in [5, 5.41) is 29.3. The van der Waals surface area contributed by atoms with E-state index in [0.29, 0.717) is 10.8 Å². The summed E-state index contributed by atoms with van der Waals surface area (Å²) in [5.41, 5.74) is 0.0478. The van der Waals surface area contributed by atoms with Gasteiger partial charge in [0.25, 0.3) is 10.1 Å². The number of phenolic OH excluding ortho intramolecular Hbond substituents is 1. The molecule has 0 aliphatic rings. The predicted octanol–water partition coefficient (Wildman–Crippen LogP) is 5.14. The van der Waals surface area contributed by atoms with Gasteiger partial charge in [0, 0.05) is 16.3 Å². The van der Waals surface area contributed by atoms with E-state index in [1.807, 2.05) is 0 Å². The van der Waals surface area contributed by atoms with Gasteiger partial charge in [0.05, 0.1) is 27.4 Å². The number of carboxylic acid groups (broad SMARTS) is 1. The number of rotatable bonds is 6. The third-order valence-electron chi connectivity index (χ3n) is 5.05. The average Bonchev–Trinajstić information content (AvgIpc) is 2.83. The summed E-state index contributed by atoms with van der Waals surface area (Å²) < 4.78 is 31.5. The van der Waals surface area contributed by atoms with Crippen LogP contribution in [0.3, 0.4) is 0 Å². The fourth-order valence-corrected chi connectivity index (χ4v) is 3.89. The molecule has 0 radical (unpaired) electrons. The van der Waals surface area contributed by atoms with Crippen molar-refractivity contribution in [3.8, 4) is 5.75 Å². The zero-order valence-electron chi connectivity index (χ0n) is 17.3. The fourth-order valence-electron chi connectivity index (χ4n) is 3.41. The molecule has 4 aromatic rings. The van der Waals surface area contributed by atoms with E-state index in [2.05, 4.69) is 10.2 Å². The predicted molar refractivity (Wildman–Crippen MR) is 123 cm³/mol. The molecule has 4 rings (SSSR count). The summed E-state index contributed by atoms with van der Waals surface area (Å²) in [6.45, 7) is 0. The summed E-state index contributed by atoms with van der Waals surface area (Å²) in [5.74, 6) is -2.30. The zero-order valence-corrected chi connectivity index (χ0v) is 18.1. The molecule has 10 heteroatoms. The van der Waals surface area contributed by atoms with Crippen LogP contribution in [0.5, 0.6) is 5.75 Å². The van der Waals surface area contributed by atoms with Crippen molar-refractivity contribution >= 4 is 44.0 Å². The highest BCUT2D eigenvalue weighted by Gasteiger charge is 2.22. The van der Waals surface area contributed by atoms with Crippen LogP contribution in [0, 0.1) is 0 Å². The molecule has 0 heterocycles. The van der Waals surface area contributed by atoms with E-state index in [0.717, 1.165) is 12.1 Å². The lowest BCUT2D eigenvalue weighted by molar-refractivity contribution is 0.0692. The first-order valence-corrected chi connectivity index (χ1v) is 11.2. The Kier molecular flexibility index (Phi) is 5.93. The Morgan fingerprint density at radius 2 is 1.32 bits per heavy atom. The summed E-state index contributed by atoms with van der Waals surface area (Å²) in [7, 11) is -4.35. The first kappa shape index (κ1) is 22.8. The number of benzene rings is 4. The lowest BCUT2D eigenvalue weighted by Gasteiger charge is -2.11. The normalized spacial score (nSPS) is 11.7. The van der Waals surface area contributed by atoms with Gasteiger partial charge in [-0.2, -0.15) is 13.5 Å². The van der Waals surface area contributed by atoms with Gasteiger partial charge in [0.1, 0.15) is 5.75 Å². The number of carbonyl (C=O) groups excluding carboxylic acids is 1. The fraction of sp³-hybridized carbons (Fsp3) is 0. The van der Waals surface area contributed by atoms with E-state index in [1.165, 1.54) is 42.5 Å². The minimum absolute atomic E-state index is 0.0933. The summed E-state index contributed by atoms with van der Waals surface area (Å²) in [4.78, 5) is 24.5. The Bertz CT molecular complexity index is 1580. The third kappa shape index (κ3) is 4.40. The van der Waals surface area contributed by atoms with Crippen molar-refractivity contribution in [2.75, 3.05) is 0 Å². The molecule has 0 saturated heterocycles. The molecule has 0 amide bonds. The lowest BCUT2D eigenvalue weighted by atomic mass is 9.94. The maximum absolute atomic E-state index is 13.2. The number of aromatic carboxylic acids is 1. The number of aromatic hydroxyl groups is 1. The van der Waals surface area contributed by atoms with Crippen molar-refractivity contribution in [3.63, 3.8) is 0 Å². The first-order valence-electron chi connectivity index (χ1n) is 9.78.